The molecule has 1 amide bonds. The number of nitrogens with one attached hydrogen (secondary N) is 1. The molecule has 6 heteroatoms. The maximum atomic E-state index is 12.7. The fourth-order valence-electron chi connectivity index (χ4n) is 5.36. The van der Waals surface area contributed by atoms with Gasteiger partial charge in [0, 0.05) is 0 Å². The molecular formula is C23H43N3O2S. The van der Waals surface area contributed by atoms with E-state index in [0.29, 0.717) is 12.0 Å². The summed E-state index contributed by atoms with van der Waals surface area (Å²) >= 11 is 1.73. The van der Waals surface area contributed by atoms with Crippen LogP contribution in [0.2, 0.25) is 0 Å². The van der Waals surface area contributed by atoms with Gasteiger partial charge in [0.05, 0.1) is 6.04 Å². The minimum atomic E-state index is -0.311. The number of hydrogen-bond donors (Lipinski definition) is 1. The molecule has 4 unspecified atom stereocenters. The molecule has 5 nitrogen and oxygen atoms in total. The summed E-state index contributed by atoms with van der Waals surface area (Å²) in [6.07, 6.45) is 8.86. The Balaban J connectivity index is 0.000000794. The standard InChI is InChI=1S/C19H31N3OS.C2H6.CH2O.CH4/c1-3-8-22-9-6-15(7-10-22)19(2)17(23)21-18(24-19)20-16-12-13-4-5-14(16)11-13;2*1-2;/h13-16H,3-12H2,1-2H3,(H,20,21,23);1-2H3;1H2;1H4. The molecular weight excluding hydrogens is 382 g/mol. The topological polar surface area (TPSA) is 61.8 Å². The van der Waals surface area contributed by atoms with Crippen molar-refractivity contribution in [3.63, 3.8) is 0 Å². The van der Waals surface area contributed by atoms with E-state index in [4.69, 9.17) is 9.79 Å². The molecule has 4 fully saturated rings. The molecule has 2 aliphatic carbocycles. The zero-order chi connectivity index (χ0) is 20.7. The van der Waals surface area contributed by atoms with Gasteiger partial charge in [-0.15, -0.1) is 0 Å². The molecule has 1 N–H and O–H groups in total. The first-order valence-corrected chi connectivity index (χ1v) is 12.0. The van der Waals surface area contributed by atoms with Gasteiger partial charge < -0.3 is 15.0 Å². The van der Waals surface area contributed by atoms with Crippen LogP contribution in [0.25, 0.3) is 0 Å². The van der Waals surface area contributed by atoms with Gasteiger partial charge in [0.25, 0.3) is 0 Å². The number of likely N-dealkylation sites (tertiary alicyclic amines) is 1. The van der Waals surface area contributed by atoms with Crippen LogP contribution in [0, 0.1) is 17.8 Å². The monoisotopic (exact) mass is 425 g/mol. The van der Waals surface area contributed by atoms with Crippen molar-refractivity contribution in [1.29, 1.82) is 0 Å². The summed E-state index contributed by atoms with van der Waals surface area (Å²) in [5.41, 5.74) is 0. The van der Waals surface area contributed by atoms with Gasteiger partial charge in [0.2, 0.25) is 5.91 Å². The Morgan fingerprint density at radius 1 is 1.17 bits per heavy atom. The number of aliphatic imine (C=N–C) groups is 1. The Labute approximate surface area is 182 Å². The number of carbonyl (C=O) groups is 2. The SMILES string of the molecule is C.C=O.CC.CCCN1CCC(C2(C)SC(=NC3CC4CCC3C4)NC2=O)CC1. The van der Waals surface area contributed by atoms with Crippen LogP contribution >= 0.6 is 11.8 Å². The second-order valence-corrected chi connectivity index (χ2v) is 9.89. The Hall–Kier alpha value is -0.880. The van der Waals surface area contributed by atoms with E-state index in [1.54, 1.807) is 11.8 Å². The molecule has 2 saturated heterocycles. The number of amides is 1. The molecule has 0 aromatic heterocycles. The largest absolute Gasteiger partial charge is 0.307 e. The molecule has 2 heterocycles. The van der Waals surface area contributed by atoms with Crippen molar-refractivity contribution in [3.05, 3.63) is 0 Å². The van der Waals surface area contributed by atoms with Crippen molar-refractivity contribution < 1.29 is 9.59 Å². The van der Waals surface area contributed by atoms with Crippen molar-refractivity contribution >= 4 is 29.6 Å². The third-order valence-electron chi connectivity index (χ3n) is 6.87. The molecule has 4 rings (SSSR count). The number of rotatable bonds is 4. The molecule has 2 bridgehead atoms. The van der Waals surface area contributed by atoms with Gasteiger partial charge >= 0.3 is 0 Å². The summed E-state index contributed by atoms with van der Waals surface area (Å²) in [7, 11) is 0. The Morgan fingerprint density at radius 3 is 2.34 bits per heavy atom. The van der Waals surface area contributed by atoms with Crippen LogP contribution in [0.1, 0.15) is 80.1 Å². The number of amidine groups is 1. The second-order valence-electron chi connectivity index (χ2n) is 8.46. The zero-order valence-electron chi connectivity index (χ0n) is 18.2. The highest BCUT2D eigenvalue weighted by Gasteiger charge is 2.49. The number of piperidine rings is 1. The number of carbonyl (C=O) groups excluding carboxylic acids is 2. The molecule has 0 aromatic carbocycles. The van der Waals surface area contributed by atoms with E-state index in [0.717, 1.165) is 42.9 Å². The molecule has 0 radical (unpaired) electrons. The van der Waals surface area contributed by atoms with Crippen molar-refractivity contribution in [2.45, 2.75) is 90.9 Å². The van der Waals surface area contributed by atoms with E-state index >= 15 is 0 Å². The normalized spacial score (nSPS) is 35.2. The highest BCUT2D eigenvalue weighted by atomic mass is 32.2. The van der Waals surface area contributed by atoms with Crippen LogP contribution in [-0.4, -0.2) is 53.2 Å². The van der Waals surface area contributed by atoms with Gasteiger partial charge in [-0.3, -0.25) is 9.79 Å². The van der Waals surface area contributed by atoms with Gasteiger partial charge in [-0.05, 0) is 82.8 Å². The van der Waals surface area contributed by atoms with Crippen molar-refractivity contribution in [3.8, 4) is 0 Å². The first kappa shape index (κ1) is 26.2. The Kier molecular flexibility index (Phi) is 10.9. The van der Waals surface area contributed by atoms with Crippen LogP contribution in [0.4, 0.5) is 0 Å². The molecule has 0 spiro atoms. The lowest BCUT2D eigenvalue weighted by Crippen LogP contribution is -2.46. The highest BCUT2D eigenvalue weighted by molar-refractivity contribution is 8.16. The van der Waals surface area contributed by atoms with Gasteiger partial charge in [-0.2, -0.15) is 0 Å². The van der Waals surface area contributed by atoms with E-state index in [-0.39, 0.29) is 18.1 Å². The van der Waals surface area contributed by atoms with Crippen LogP contribution in [0.5, 0.6) is 0 Å². The Bertz CT molecular complexity index is 548. The molecule has 4 aliphatic rings. The van der Waals surface area contributed by atoms with E-state index in [1.807, 2.05) is 20.6 Å². The quantitative estimate of drug-likeness (QED) is 0.706. The average Bonchev–Trinajstić information content (AvgIpc) is 3.41. The van der Waals surface area contributed by atoms with E-state index in [2.05, 4.69) is 24.1 Å². The van der Waals surface area contributed by atoms with Crippen molar-refractivity contribution in [1.82, 2.24) is 10.2 Å². The Morgan fingerprint density at radius 2 is 1.83 bits per heavy atom. The molecule has 168 valence electrons. The molecule has 0 aromatic rings. The lowest BCUT2D eigenvalue weighted by atomic mass is 9.84. The smallest absolute Gasteiger partial charge is 0.242 e. The van der Waals surface area contributed by atoms with Crippen LogP contribution < -0.4 is 5.32 Å². The maximum absolute atomic E-state index is 12.7. The van der Waals surface area contributed by atoms with E-state index in [9.17, 15) is 4.79 Å². The molecule has 2 saturated carbocycles. The first-order valence-electron chi connectivity index (χ1n) is 11.2. The number of thioether (sulfide) groups is 1. The number of hydrogen-bond acceptors (Lipinski definition) is 5. The predicted octanol–water partition coefficient (Wildman–Crippen LogP) is 4.75. The fraction of sp³-hybridized carbons (Fsp3) is 0.870. The molecule has 4 atom stereocenters. The average molecular weight is 426 g/mol. The summed E-state index contributed by atoms with van der Waals surface area (Å²) in [5, 5.41) is 4.04. The van der Waals surface area contributed by atoms with Crippen molar-refractivity contribution in [2.24, 2.45) is 22.7 Å². The minimum Gasteiger partial charge on any atom is -0.307 e. The summed E-state index contributed by atoms with van der Waals surface area (Å²) in [6.45, 7) is 13.9. The van der Waals surface area contributed by atoms with Crippen LogP contribution in [-0.2, 0) is 9.59 Å². The van der Waals surface area contributed by atoms with Gasteiger partial charge in [0.1, 0.15) is 11.5 Å². The summed E-state index contributed by atoms with van der Waals surface area (Å²) in [5.74, 6) is 2.36. The molecule has 29 heavy (non-hydrogen) atoms. The fourth-order valence-corrected chi connectivity index (χ4v) is 6.64. The maximum Gasteiger partial charge on any atom is 0.242 e. The second kappa shape index (κ2) is 12.1. The third-order valence-corrected chi connectivity index (χ3v) is 8.21. The number of fused-ring (bicyclic) bond motifs is 2. The lowest BCUT2D eigenvalue weighted by molar-refractivity contribution is -0.122. The van der Waals surface area contributed by atoms with Gasteiger partial charge in [-0.1, -0.05) is 46.4 Å². The van der Waals surface area contributed by atoms with Crippen LogP contribution in [0.15, 0.2) is 4.99 Å². The van der Waals surface area contributed by atoms with Gasteiger partial charge in [0.15, 0.2) is 5.17 Å². The summed E-state index contributed by atoms with van der Waals surface area (Å²) in [6, 6.07) is 0.473. The summed E-state index contributed by atoms with van der Waals surface area (Å²) < 4.78 is -0.311. The van der Waals surface area contributed by atoms with Gasteiger partial charge in [-0.25, -0.2) is 0 Å². The summed E-state index contributed by atoms with van der Waals surface area (Å²) in [4.78, 5) is 28.2. The van der Waals surface area contributed by atoms with E-state index < -0.39 is 0 Å². The molecule has 2 aliphatic heterocycles. The minimum absolute atomic E-state index is 0. The number of nitrogens with zero attached hydrogens (tertiary/aromatic N) is 2. The lowest BCUT2D eigenvalue weighted by Gasteiger charge is -2.38. The van der Waals surface area contributed by atoms with Crippen LogP contribution in [0.3, 0.4) is 0 Å². The predicted molar refractivity (Wildman–Crippen MR) is 125 cm³/mol. The third kappa shape index (κ3) is 5.84. The van der Waals surface area contributed by atoms with E-state index in [1.165, 1.54) is 38.6 Å². The zero-order valence-corrected chi connectivity index (χ0v) is 19.0. The first-order chi connectivity index (χ1) is 13.6. The van der Waals surface area contributed by atoms with Crippen molar-refractivity contribution in [2.75, 3.05) is 19.6 Å². The highest BCUT2D eigenvalue weighted by Crippen LogP contribution is 2.48.